The number of carbonyl (C=O) groups excluding carboxylic acids is 2. The molecule has 5 rings (SSSR count). The molecule has 1 unspecified atom stereocenters. The van der Waals surface area contributed by atoms with Gasteiger partial charge in [-0.25, -0.2) is 0 Å². The van der Waals surface area contributed by atoms with Crippen LogP contribution in [0.1, 0.15) is 67.3 Å². The van der Waals surface area contributed by atoms with Gasteiger partial charge in [-0.2, -0.15) is 0 Å². The molecular formula is C36H51N3O8. The van der Waals surface area contributed by atoms with Crippen LogP contribution in [0.15, 0.2) is 42.5 Å². The van der Waals surface area contributed by atoms with Gasteiger partial charge in [0, 0.05) is 31.6 Å². The van der Waals surface area contributed by atoms with E-state index < -0.39 is 35.3 Å². The first-order chi connectivity index (χ1) is 22.2. The highest BCUT2D eigenvalue weighted by molar-refractivity contribution is 5.88. The van der Waals surface area contributed by atoms with Gasteiger partial charge in [0.2, 0.25) is 17.6 Å². The molecule has 3 fully saturated rings. The van der Waals surface area contributed by atoms with Crippen LogP contribution in [0, 0.1) is 6.92 Å². The van der Waals surface area contributed by atoms with E-state index in [9.17, 15) is 30.0 Å². The molecule has 0 radical (unpaired) electrons. The van der Waals surface area contributed by atoms with Crippen molar-refractivity contribution < 1.29 is 39.5 Å². The second-order valence-electron chi connectivity index (χ2n) is 14.2. The van der Waals surface area contributed by atoms with Gasteiger partial charge in [-0.3, -0.25) is 9.59 Å². The number of nitrogens with zero attached hydrogens (tertiary/aromatic N) is 2. The summed E-state index contributed by atoms with van der Waals surface area (Å²) in [6, 6.07) is 13.5. The van der Waals surface area contributed by atoms with Gasteiger partial charge in [-0.05, 0) is 95.3 Å². The summed E-state index contributed by atoms with van der Waals surface area (Å²) < 4.78 is 12.2. The average Bonchev–Trinajstić information content (AvgIpc) is 3.67. The highest BCUT2D eigenvalue weighted by Crippen LogP contribution is 2.53. The standard InChI is InChI=1S/C36H51N3O8/c1-23-11-16-27(36-32(43)30(41)31(42)35(47-36,22-46-36)34(2,3)45)21-26(23)20-25-14-12-24(13-15-25)8-6-10-29(40)39-18-7-9-28(39)33(44)37-17-19-38(4)5/h11-16,21,28,30-32,41-43,45H,6-10,17-20,22H2,1-5H3,(H,37,44)/t28?,30-,31-,32+,35-,36-/m0/s1. The molecule has 11 nitrogen and oxygen atoms in total. The zero-order valence-electron chi connectivity index (χ0n) is 28.2. The van der Waals surface area contributed by atoms with Gasteiger partial charge in [-0.1, -0.05) is 36.4 Å². The lowest BCUT2D eigenvalue weighted by atomic mass is 9.75. The van der Waals surface area contributed by atoms with Crippen LogP contribution in [0.25, 0.3) is 0 Å². The lowest BCUT2D eigenvalue weighted by molar-refractivity contribution is -0.348. The van der Waals surface area contributed by atoms with E-state index in [1.807, 2.05) is 38.1 Å². The summed E-state index contributed by atoms with van der Waals surface area (Å²) in [5, 5.41) is 46.5. The minimum absolute atomic E-state index is 0.0295. The van der Waals surface area contributed by atoms with Crippen LogP contribution in [0.2, 0.25) is 0 Å². The maximum Gasteiger partial charge on any atom is 0.242 e. The fraction of sp³-hybridized carbons (Fsp3) is 0.611. The van der Waals surface area contributed by atoms with Gasteiger partial charge in [0.1, 0.15) is 24.4 Å². The number of fused-ring (bicyclic) bond motifs is 2. The van der Waals surface area contributed by atoms with Gasteiger partial charge >= 0.3 is 0 Å². The molecule has 3 aliphatic heterocycles. The Morgan fingerprint density at radius 3 is 2.45 bits per heavy atom. The Bertz CT molecular complexity index is 1430. The third kappa shape index (κ3) is 6.98. The molecule has 6 atom stereocenters. The number of rotatable bonds is 12. The van der Waals surface area contributed by atoms with Crippen LogP contribution in [0.5, 0.6) is 0 Å². The van der Waals surface area contributed by atoms with E-state index >= 15 is 0 Å². The molecule has 258 valence electrons. The zero-order chi connectivity index (χ0) is 34.1. The topological polar surface area (TPSA) is 152 Å². The monoisotopic (exact) mass is 653 g/mol. The predicted molar refractivity (Wildman–Crippen MR) is 175 cm³/mol. The average molecular weight is 654 g/mol. The van der Waals surface area contributed by atoms with Gasteiger partial charge < -0.3 is 45.0 Å². The highest BCUT2D eigenvalue weighted by Gasteiger charge is 2.71. The molecule has 2 aromatic rings. The minimum Gasteiger partial charge on any atom is -0.387 e. The quantitative estimate of drug-likeness (QED) is 0.229. The summed E-state index contributed by atoms with van der Waals surface area (Å²) in [6.45, 7) is 6.72. The van der Waals surface area contributed by atoms with Crippen molar-refractivity contribution in [3.8, 4) is 0 Å². The van der Waals surface area contributed by atoms with Crippen LogP contribution in [-0.4, -0.2) is 118 Å². The molecule has 47 heavy (non-hydrogen) atoms. The Morgan fingerprint density at radius 2 is 1.77 bits per heavy atom. The van der Waals surface area contributed by atoms with E-state index in [4.69, 9.17) is 9.47 Å². The van der Waals surface area contributed by atoms with Crippen LogP contribution in [0.3, 0.4) is 0 Å². The number of aliphatic hydroxyl groups is 4. The number of hydrogen-bond donors (Lipinski definition) is 5. The third-order valence-corrected chi connectivity index (χ3v) is 10.1. The number of ether oxygens (including phenoxy) is 2. The smallest absolute Gasteiger partial charge is 0.242 e. The first kappa shape index (κ1) is 35.4. The van der Waals surface area contributed by atoms with Crippen molar-refractivity contribution in [1.82, 2.24) is 15.1 Å². The number of amides is 2. The number of likely N-dealkylation sites (tertiary alicyclic amines) is 1. The van der Waals surface area contributed by atoms with Crippen LogP contribution < -0.4 is 5.32 Å². The van der Waals surface area contributed by atoms with Crippen molar-refractivity contribution in [2.45, 2.75) is 101 Å². The van der Waals surface area contributed by atoms with Gasteiger partial charge in [0.25, 0.3) is 0 Å². The minimum atomic E-state index is -1.74. The summed E-state index contributed by atoms with van der Waals surface area (Å²) in [6.07, 6.45) is -0.711. The summed E-state index contributed by atoms with van der Waals surface area (Å²) in [7, 11) is 3.92. The first-order valence-corrected chi connectivity index (χ1v) is 16.7. The summed E-state index contributed by atoms with van der Waals surface area (Å²) >= 11 is 0. The number of likely N-dealkylation sites (N-methyl/N-ethyl adjacent to an activating group) is 1. The highest BCUT2D eigenvalue weighted by atomic mass is 16.8. The van der Waals surface area contributed by atoms with Crippen molar-refractivity contribution in [3.63, 3.8) is 0 Å². The molecule has 3 aliphatic rings. The number of carbonyl (C=O) groups is 2. The van der Waals surface area contributed by atoms with E-state index in [1.54, 1.807) is 11.0 Å². The SMILES string of the molecule is Cc1ccc([C@]23OC[C@](C(C)(C)O)(O2)[C@@H](O)[C@H](O)[C@H]3O)cc1Cc1ccc(CCCC(=O)N2CCCC2C(=O)NCCN(C)C)cc1. The van der Waals surface area contributed by atoms with Crippen molar-refractivity contribution in [3.05, 3.63) is 70.3 Å². The Morgan fingerprint density at radius 1 is 1.06 bits per heavy atom. The third-order valence-electron chi connectivity index (χ3n) is 10.1. The molecule has 0 saturated carbocycles. The Labute approximate surface area is 277 Å². The Balaban J connectivity index is 1.19. The normalized spacial score (nSPS) is 29.0. The summed E-state index contributed by atoms with van der Waals surface area (Å²) in [4.78, 5) is 29.4. The van der Waals surface area contributed by atoms with Gasteiger partial charge in [0.05, 0.1) is 12.2 Å². The molecule has 2 amide bonds. The van der Waals surface area contributed by atoms with Gasteiger partial charge in [0.15, 0.2) is 5.60 Å². The Hall–Kier alpha value is -2.90. The molecule has 11 heteroatoms. The number of aliphatic hydroxyl groups excluding tert-OH is 3. The van der Waals surface area contributed by atoms with E-state index in [0.717, 1.165) is 41.6 Å². The number of benzene rings is 2. The number of hydrogen-bond acceptors (Lipinski definition) is 9. The van der Waals surface area contributed by atoms with Crippen molar-refractivity contribution in [1.29, 1.82) is 0 Å². The second-order valence-corrected chi connectivity index (χ2v) is 14.2. The molecule has 2 aromatic carbocycles. The molecule has 3 heterocycles. The molecule has 0 aromatic heterocycles. The van der Waals surface area contributed by atoms with Crippen LogP contribution in [-0.2, 0) is 37.7 Å². The number of aryl methyl sites for hydroxylation is 2. The predicted octanol–water partition coefficient (Wildman–Crippen LogP) is 1.38. The van der Waals surface area contributed by atoms with Crippen molar-refractivity contribution in [2.24, 2.45) is 0 Å². The maximum absolute atomic E-state index is 13.0. The van der Waals surface area contributed by atoms with Crippen LogP contribution >= 0.6 is 0 Å². The lowest BCUT2D eigenvalue weighted by Crippen LogP contribution is -2.70. The van der Waals surface area contributed by atoms with E-state index in [1.165, 1.54) is 13.8 Å². The molecule has 2 bridgehead atoms. The fourth-order valence-electron chi connectivity index (χ4n) is 7.05. The summed E-state index contributed by atoms with van der Waals surface area (Å²) in [5.74, 6) is -1.78. The van der Waals surface area contributed by atoms with Crippen molar-refractivity contribution in [2.75, 3.05) is 40.3 Å². The maximum atomic E-state index is 13.0. The lowest BCUT2D eigenvalue weighted by Gasteiger charge is -2.50. The first-order valence-electron chi connectivity index (χ1n) is 16.7. The van der Waals surface area contributed by atoms with E-state index in [0.29, 0.717) is 44.3 Å². The molecule has 3 saturated heterocycles. The zero-order valence-corrected chi connectivity index (χ0v) is 28.2. The number of nitrogens with one attached hydrogen (secondary N) is 1. The molecular weight excluding hydrogens is 602 g/mol. The molecule has 5 N–H and O–H groups in total. The second kappa shape index (κ2) is 13.9. The molecule has 0 spiro atoms. The van der Waals surface area contributed by atoms with Crippen molar-refractivity contribution >= 4 is 11.8 Å². The van der Waals surface area contributed by atoms with E-state index in [-0.39, 0.29) is 24.5 Å². The van der Waals surface area contributed by atoms with Crippen LogP contribution in [0.4, 0.5) is 0 Å². The largest absolute Gasteiger partial charge is 0.387 e. The Kier molecular flexibility index (Phi) is 10.5. The van der Waals surface area contributed by atoms with Gasteiger partial charge in [-0.15, -0.1) is 0 Å². The fourth-order valence-corrected chi connectivity index (χ4v) is 7.05. The van der Waals surface area contributed by atoms with E-state index in [2.05, 4.69) is 29.6 Å². The molecule has 0 aliphatic carbocycles. The summed E-state index contributed by atoms with van der Waals surface area (Å²) in [5.41, 5.74) is 1.51.